The molecule has 1 aromatic rings. The number of nitrogens with zero attached hydrogens (tertiary/aromatic N) is 2. The van der Waals surface area contributed by atoms with Crippen LogP contribution in [0.2, 0.25) is 0 Å². The first kappa shape index (κ1) is 26.1. The first-order valence-corrected chi connectivity index (χ1v) is 12.2. The number of aliphatic hydroxyl groups is 1. The lowest BCUT2D eigenvalue weighted by Gasteiger charge is -2.37. The van der Waals surface area contributed by atoms with Crippen molar-refractivity contribution in [1.29, 1.82) is 0 Å². The monoisotopic (exact) mass is 466 g/mol. The number of aliphatic hydroxyl groups excluding tert-OH is 1. The molecule has 1 amide bonds. The smallest absolute Gasteiger partial charge is 0.248 e. The van der Waals surface area contributed by atoms with Gasteiger partial charge < -0.3 is 19.5 Å². The van der Waals surface area contributed by atoms with Crippen molar-refractivity contribution in [2.24, 2.45) is 5.92 Å². The zero-order chi connectivity index (χ0) is 23.9. The fraction of sp³-hybridized carbons (Fsp3) is 0.609. The van der Waals surface area contributed by atoms with Crippen molar-refractivity contribution in [2.75, 3.05) is 40.5 Å². The SMILES string of the molecule is CCCC#Cc1ccc2c(c1)O[C@@H](CN(C)C(=O)COC)[C@@H](C)CN([C@H](C)CO)S2(=O)=O. The number of amides is 1. The topological polar surface area (TPSA) is 96.4 Å². The number of hydrogen-bond acceptors (Lipinski definition) is 6. The van der Waals surface area contributed by atoms with E-state index in [1.807, 2.05) is 13.8 Å². The summed E-state index contributed by atoms with van der Waals surface area (Å²) in [6.07, 6.45) is 1.20. The van der Waals surface area contributed by atoms with Crippen LogP contribution >= 0.6 is 0 Å². The van der Waals surface area contributed by atoms with Gasteiger partial charge in [0.15, 0.2) is 0 Å². The molecule has 0 unspecified atom stereocenters. The van der Waals surface area contributed by atoms with E-state index in [0.717, 1.165) is 12.8 Å². The number of rotatable bonds is 7. The first-order valence-electron chi connectivity index (χ1n) is 10.8. The third kappa shape index (κ3) is 6.23. The second-order valence-electron chi connectivity index (χ2n) is 8.16. The third-order valence-electron chi connectivity index (χ3n) is 5.42. The molecule has 9 heteroatoms. The molecule has 0 aliphatic carbocycles. The van der Waals surface area contributed by atoms with E-state index in [9.17, 15) is 18.3 Å². The Morgan fingerprint density at radius 1 is 1.44 bits per heavy atom. The van der Waals surface area contributed by atoms with Gasteiger partial charge in [-0.2, -0.15) is 4.31 Å². The van der Waals surface area contributed by atoms with E-state index in [1.54, 1.807) is 26.1 Å². The summed E-state index contributed by atoms with van der Waals surface area (Å²) in [5.74, 6) is 5.86. The number of carbonyl (C=O) groups is 1. The molecule has 8 nitrogen and oxygen atoms in total. The van der Waals surface area contributed by atoms with Crippen molar-refractivity contribution < 1.29 is 27.8 Å². The Morgan fingerprint density at radius 3 is 2.78 bits per heavy atom. The van der Waals surface area contributed by atoms with Gasteiger partial charge in [0.1, 0.15) is 23.4 Å². The van der Waals surface area contributed by atoms with Crippen LogP contribution in [0.3, 0.4) is 0 Å². The summed E-state index contributed by atoms with van der Waals surface area (Å²) in [6, 6.07) is 4.20. The lowest BCUT2D eigenvalue weighted by atomic mass is 10.0. The van der Waals surface area contributed by atoms with Crippen LogP contribution in [0.25, 0.3) is 0 Å². The van der Waals surface area contributed by atoms with Crippen LogP contribution in [0.5, 0.6) is 5.75 Å². The van der Waals surface area contributed by atoms with Crippen LogP contribution in [0.1, 0.15) is 39.2 Å². The van der Waals surface area contributed by atoms with Crippen LogP contribution in [-0.4, -0.2) is 81.2 Å². The number of unbranched alkanes of at least 4 members (excludes halogenated alkanes) is 1. The van der Waals surface area contributed by atoms with E-state index in [2.05, 4.69) is 11.8 Å². The zero-order valence-corrected chi connectivity index (χ0v) is 20.3. The molecule has 0 saturated heterocycles. The zero-order valence-electron chi connectivity index (χ0n) is 19.5. The Hall–Kier alpha value is -2.12. The van der Waals surface area contributed by atoms with E-state index < -0.39 is 22.2 Å². The van der Waals surface area contributed by atoms with Crippen LogP contribution in [-0.2, 0) is 19.6 Å². The van der Waals surface area contributed by atoms with Gasteiger partial charge in [-0.15, -0.1) is 0 Å². The molecule has 178 valence electrons. The summed E-state index contributed by atoms with van der Waals surface area (Å²) in [5.41, 5.74) is 0.657. The van der Waals surface area contributed by atoms with Crippen molar-refractivity contribution in [3.8, 4) is 17.6 Å². The van der Waals surface area contributed by atoms with E-state index in [1.165, 1.54) is 22.4 Å². The second kappa shape index (κ2) is 11.7. The number of ether oxygens (including phenoxy) is 2. The molecule has 0 aromatic heterocycles. The Morgan fingerprint density at radius 2 is 2.16 bits per heavy atom. The molecule has 1 aliphatic heterocycles. The summed E-state index contributed by atoms with van der Waals surface area (Å²) < 4.78 is 39.3. The van der Waals surface area contributed by atoms with Crippen LogP contribution in [0.4, 0.5) is 0 Å². The summed E-state index contributed by atoms with van der Waals surface area (Å²) in [6.45, 7) is 5.64. The minimum absolute atomic E-state index is 0.0293. The van der Waals surface area contributed by atoms with Crippen molar-refractivity contribution in [3.05, 3.63) is 23.8 Å². The molecule has 1 aromatic carbocycles. The Bertz CT molecular complexity index is 953. The number of likely N-dealkylation sites (N-methyl/N-ethyl adjacent to an activating group) is 1. The Kier molecular flexibility index (Phi) is 9.52. The molecule has 0 bridgehead atoms. The highest BCUT2D eigenvalue weighted by Crippen LogP contribution is 2.34. The normalized spacial score (nSPS) is 21.2. The van der Waals surface area contributed by atoms with Gasteiger partial charge in [0.2, 0.25) is 15.9 Å². The Balaban J connectivity index is 2.52. The van der Waals surface area contributed by atoms with Crippen LogP contribution < -0.4 is 4.74 Å². The van der Waals surface area contributed by atoms with Gasteiger partial charge in [-0.1, -0.05) is 25.7 Å². The fourth-order valence-corrected chi connectivity index (χ4v) is 5.24. The predicted molar refractivity (Wildman–Crippen MR) is 122 cm³/mol. The minimum Gasteiger partial charge on any atom is -0.487 e. The lowest BCUT2D eigenvalue weighted by Crippen LogP contribution is -2.50. The molecule has 3 atom stereocenters. The highest BCUT2D eigenvalue weighted by atomic mass is 32.2. The maximum Gasteiger partial charge on any atom is 0.248 e. The molecule has 32 heavy (non-hydrogen) atoms. The van der Waals surface area contributed by atoms with Gasteiger partial charge in [0.25, 0.3) is 0 Å². The largest absolute Gasteiger partial charge is 0.487 e. The summed E-state index contributed by atoms with van der Waals surface area (Å²) in [7, 11) is -0.789. The van der Waals surface area contributed by atoms with E-state index >= 15 is 0 Å². The average molecular weight is 467 g/mol. The molecule has 1 heterocycles. The molecule has 0 spiro atoms. The molecule has 1 N–H and O–H groups in total. The molecule has 2 rings (SSSR count). The molecular weight excluding hydrogens is 432 g/mol. The maximum absolute atomic E-state index is 13.4. The summed E-state index contributed by atoms with van der Waals surface area (Å²) in [5, 5.41) is 9.70. The van der Waals surface area contributed by atoms with Gasteiger partial charge in [-0.3, -0.25) is 4.79 Å². The van der Waals surface area contributed by atoms with Gasteiger partial charge in [-0.05, 0) is 31.5 Å². The van der Waals surface area contributed by atoms with Gasteiger partial charge in [-0.25, -0.2) is 8.42 Å². The number of hydrogen-bond donors (Lipinski definition) is 1. The van der Waals surface area contributed by atoms with Crippen molar-refractivity contribution in [1.82, 2.24) is 9.21 Å². The van der Waals surface area contributed by atoms with E-state index in [4.69, 9.17) is 9.47 Å². The van der Waals surface area contributed by atoms with Gasteiger partial charge in [0.05, 0.1) is 13.2 Å². The van der Waals surface area contributed by atoms with Gasteiger partial charge >= 0.3 is 0 Å². The maximum atomic E-state index is 13.4. The summed E-state index contributed by atoms with van der Waals surface area (Å²) in [4.78, 5) is 13.8. The van der Waals surface area contributed by atoms with Crippen molar-refractivity contribution in [2.45, 2.75) is 50.7 Å². The van der Waals surface area contributed by atoms with Crippen LogP contribution in [0.15, 0.2) is 23.1 Å². The number of fused-ring (bicyclic) bond motifs is 1. The number of sulfonamides is 1. The molecule has 0 saturated carbocycles. The third-order valence-corrected chi connectivity index (χ3v) is 7.44. The number of carbonyl (C=O) groups excluding carboxylic acids is 1. The molecule has 0 radical (unpaired) electrons. The second-order valence-corrected chi connectivity index (χ2v) is 10.0. The standard InChI is InChI=1S/C23H34N2O6S/c1-6-7-8-9-19-10-11-22-20(12-19)31-21(14-24(4)23(27)16-30-5)17(2)13-25(18(3)15-26)32(22,28)29/h10-12,17-18,21,26H,6-7,13-16H2,1-5H3/t17-,18+,21-/m0/s1. The summed E-state index contributed by atoms with van der Waals surface area (Å²) >= 11 is 0. The van der Waals surface area contributed by atoms with Crippen molar-refractivity contribution >= 4 is 15.9 Å². The highest BCUT2D eigenvalue weighted by molar-refractivity contribution is 7.89. The Labute approximate surface area is 191 Å². The molecule has 1 aliphatic rings. The minimum atomic E-state index is -3.91. The molecular formula is C23H34N2O6S. The number of methoxy groups -OCH3 is 1. The van der Waals surface area contributed by atoms with Crippen LogP contribution in [0, 0.1) is 17.8 Å². The molecule has 0 fully saturated rings. The predicted octanol–water partition coefficient (Wildman–Crippen LogP) is 1.71. The first-order chi connectivity index (χ1) is 15.1. The van der Waals surface area contributed by atoms with Crippen molar-refractivity contribution in [3.63, 3.8) is 0 Å². The fourth-order valence-electron chi connectivity index (χ4n) is 3.42. The quantitative estimate of drug-likeness (QED) is 0.615. The van der Waals surface area contributed by atoms with E-state index in [0.29, 0.717) is 5.56 Å². The highest BCUT2D eigenvalue weighted by Gasteiger charge is 2.38. The lowest BCUT2D eigenvalue weighted by molar-refractivity contribution is -0.135. The average Bonchev–Trinajstić information content (AvgIpc) is 2.75. The van der Waals surface area contributed by atoms with E-state index in [-0.39, 0.29) is 48.8 Å². The van der Waals surface area contributed by atoms with Gasteiger partial charge in [0, 0.05) is 44.6 Å². The number of benzene rings is 1.